The smallest absolute Gasteiger partial charge is 0.127 e. The van der Waals surface area contributed by atoms with Gasteiger partial charge >= 0.3 is 0 Å². The van der Waals surface area contributed by atoms with Crippen molar-refractivity contribution in [3.05, 3.63) is 66.1 Å². The van der Waals surface area contributed by atoms with Crippen LogP contribution >= 0.6 is 0 Å². The van der Waals surface area contributed by atoms with E-state index in [1.54, 1.807) is 9.80 Å². The van der Waals surface area contributed by atoms with Crippen LogP contribution in [0, 0.1) is 0 Å². The number of nitrogens with zero attached hydrogens (tertiary/aromatic N) is 1. The number of quaternary nitrogens is 2. The topological polar surface area (TPSA) is 37.6 Å². The van der Waals surface area contributed by atoms with E-state index in [0.29, 0.717) is 0 Å². The zero-order valence-electron chi connectivity index (χ0n) is 13.4. The Bertz CT molecular complexity index is 757. The lowest BCUT2D eigenvalue weighted by Gasteiger charge is -2.29. The van der Waals surface area contributed by atoms with Crippen molar-refractivity contribution in [1.82, 2.24) is 9.97 Å². The van der Waals surface area contributed by atoms with Crippen LogP contribution in [-0.4, -0.2) is 36.1 Å². The van der Waals surface area contributed by atoms with Crippen LogP contribution < -0.4 is 9.80 Å². The first-order chi connectivity index (χ1) is 11.4. The summed E-state index contributed by atoms with van der Waals surface area (Å²) in [5.41, 5.74) is 4.10. The lowest BCUT2D eigenvalue weighted by Crippen LogP contribution is -3.27. The largest absolute Gasteiger partial charge is 0.361 e. The van der Waals surface area contributed by atoms with Gasteiger partial charge in [-0.05, 0) is 18.2 Å². The van der Waals surface area contributed by atoms with Crippen molar-refractivity contribution < 1.29 is 9.80 Å². The monoisotopic (exact) mass is 308 g/mol. The Morgan fingerprint density at radius 3 is 2.35 bits per heavy atom. The molecule has 1 aliphatic rings. The second-order valence-corrected chi connectivity index (χ2v) is 6.57. The van der Waals surface area contributed by atoms with E-state index in [1.807, 2.05) is 12.4 Å². The van der Waals surface area contributed by atoms with Crippen LogP contribution in [-0.2, 0) is 13.1 Å². The molecule has 4 nitrogen and oxygen atoms in total. The molecular formula is C19H24N4+2. The number of nitrogens with one attached hydrogen (secondary N) is 3. The molecule has 0 atom stereocenters. The van der Waals surface area contributed by atoms with Gasteiger partial charge in [0.05, 0.1) is 0 Å². The molecule has 1 fully saturated rings. The predicted octanol–water partition coefficient (Wildman–Crippen LogP) is 0.0465. The number of hydrogen-bond donors (Lipinski definition) is 3. The van der Waals surface area contributed by atoms with Crippen molar-refractivity contribution in [3.63, 3.8) is 0 Å². The highest BCUT2D eigenvalue weighted by Gasteiger charge is 2.23. The Hall–Kier alpha value is -2.17. The van der Waals surface area contributed by atoms with Crippen LogP contribution in [0.5, 0.6) is 0 Å². The fourth-order valence-electron chi connectivity index (χ4n) is 3.65. The number of benzene rings is 1. The van der Waals surface area contributed by atoms with Gasteiger partial charge < -0.3 is 14.8 Å². The van der Waals surface area contributed by atoms with Crippen LogP contribution in [0.25, 0.3) is 10.9 Å². The number of rotatable bonds is 4. The van der Waals surface area contributed by atoms with E-state index in [0.717, 1.165) is 13.1 Å². The number of aromatic amines is 1. The molecule has 0 spiro atoms. The van der Waals surface area contributed by atoms with Gasteiger partial charge in [-0.1, -0.05) is 18.2 Å². The number of aromatic nitrogens is 2. The summed E-state index contributed by atoms with van der Waals surface area (Å²) in [5, 5.41) is 1.38. The molecule has 0 bridgehead atoms. The first-order valence-corrected chi connectivity index (χ1v) is 8.49. The molecule has 0 unspecified atom stereocenters. The van der Waals surface area contributed by atoms with Crippen LogP contribution in [0.3, 0.4) is 0 Å². The predicted molar refractivity (Wildman–Crippen MR) is 91.3 cm³/mol. The molecule has 1 saturated heterocycles. The van der Waals surface area contributed by atoms with Gasteiger partial charge in [-0.2, -0.15) is 0 Å². The second kappa shape index (κ2) is 6.52. The fraction of sp³-hybridized carbons (Fsp3) is 0.316. The third kappa shape index (κ3) is 3.28. The van der Waals surface area contributed by atoms with Crippen molar-refractivity contribution >= 4 is 10.9 Å². The molecule has 4 heteroatoms. The molecular weight excluding hydrogens is 284 g/mol. The summed E-state index contributed by atoms with van der Waals surface area (Å²) in [6.07, 6.45) is 5.98. The van der Waals surface area contributed by atoms with Crippen LogP contribution in [0.15, 0.2) is 55.0 Å². The average molecular weight is 308 g/mol. The van der Waals surface area contributed by atoms with Gasteiger partial charge in [-0.15, -0.1) is 0 Å². The SMILES string of the molecule is c1ccc2c(C[NH+]3CC[NH+](Cc4ccncc4)CC3)c[nH]c2c1. The summed E-state index contributed by atoms with van der Waals surface area (Å²) >= 11 is 0. The minimum absolute atomic E-state index is 1.13. The van der Waals surface area contributed by atoms with Crippen molar-refractivity contribution in [3.8, 4) is 0 Å². The van der Waals surface area contributed by atoms with Gasteiger partial charge in [0.2, 0.25) is 0 Å². The van der Waals surface area contributed by atoms with Crippen molar-refractivity contribution in [2.75, 3.05) is 26.2 Å². The molecule has 23 heavy (non-hydrogen) atoms. The highest BCUT2D eigenvalue weighted by atomic mass is 15.3. The molecule has 3 heterocycles. The minimum Gasteiger partial charge on any atom is -0.361 e. The Morgan fingerprint density at radius 2 is 1.57 bits per heavy atom. The van der Waals surface area contributed by atoms with E-state index in [4.69, 9.17) is 0 Å². The van der Waals surface area contributed by atoms with Crippen LogP contribution in [0.4, 0.5) is 0 Å². The summed E-state index contributed by atoms with van der Waals surface area (Å²) < 4.78 is 0. The van der Waals surface area contributed by atoms with Crippen molar-refractivity contribution in [1.29, 1.82) is 0 Å². The van der Waals surface area contributed by atoms with Gasteiger partial charge in [0.15, 0.2) is 0 Å². The Morgan fingerprint density at radius 1 is 0.870 bits per heavy atom. The molecule has 1 aromatic carbocycles. The van der Waals surface area contributed by atoms with E-state index < -0.39 is 0 Å². The Labute approximate surface area is 136 Å². The standard InChI is InChI=1S/C19H22N4/c1-2-4-19-18(3-1)17(13-21-19)15-23-11-9-22(10-12-23)14-16-5-7-20-8-6-16/h1-8,13,21H,9-12,14-15H2/p+2. The number of para-hydroxylation sites is 1. The highest BCUT2D eigenvalue weighted by molar-refractivity contribution is 5.82. The maximum atomic E-state index is 4.10. The Balaban J connectivity index is 1.35. The van der Waals surface area contributed by atoms with Gasteiger partial charge in [0.25, 0.3) is 0 Å². The van der Waals surface area contributed by atoms with E-state index in [9.17, 15) is 0 Å². The quantitative estimate of drug-likeness (QED) is 0.626. The van der Waals surface area contributed by atoms with Crippen molar-refractivity contribution in [2.24, 2.45) is 0 Å². The maximum Gasteiger partial charge on any atom is 0.127 e. The lowest BCUT2D eigenvalue weighted by molar-refractivity contribution is -1.02. The molecule has 3 N–H and O–H groups in total. The number of hydrogen-bond acceptors (Lipinski definition) is 1. The molecule has 0 aliphatic carbocycles. The summed E-state index contributed by atoms with van der Waals surface area (Å²) in [4.78, 5) is 10.9. The second-order valence-electron chi connectivity index (χ2n) is 6.57. The number of H-pyrrole nitrogens is 1. The van der Waals surface area contributed by atoms with E-state index in [2.05, 4.69) is 52.6 Å². The summed E-state index contributed by atoms with van der Waals surface area (Å²) in [5.74, 6) is 0. The van der Waals surface area contributed by atoms with E-state index in [1.165, 1.54) is 48.2 Å². The van der Waals surface area contributed by atoms with Crippen LogP contribution in [0.2, 0.25) is 0 Å². The summed E-state index contributed by atoms with van der Waals surface area (Å²) in [6, 6.07) is 12.9. The van der Waals surface area contributed by atoms with Gasteiger partial charge in [0.1, 0.15) is 39.3 Å². The van der Waals surface area contributed by atoms with Gasteiger partial charge in [-0.3, -0.25) is 4.98 Å². The molecule has 4 rings (SSSR count). The van der Waals surface area contributed by atoms with Gasteiger partial charge in [0, 0.05) is 40.6 Å². The van der Waals surface area contributed by atoms with Gasteiger partial charge in [-0.25, -0.2) is 0 Å². The third-order valence-electron chi connectivity index (χ3n) is 4.98. The summed E-state index contributed by atoms with van der Waals surface area (Å²) in [6.45, 7) is 7.26. The molecule has 0 amide bonds. The zero-order valence-corrected chi connectivity index (χ0v) is 13.4. The molecule has 1 aliphatic heterocycles. The molecule has 3 aromatic rings. The minimum atomic E-state index is 1.13. The first kappa shape index (κ1) is 14.4. The number of piperazine rings is 1. The number of fused-ring (bicyclic) bond motifs is 1. The molecule has 0 radical (unpaired) electrons. The van der Waals surface area contributed by atoms with Crippen molar-refractivity contribution in [2.45, 2.75) is 13.1 Å². The fourth-order valence-corrected chi connectivity index (χ4v) is 3.65. The van der Waals surface area contributed by atoms with Crippen LogP contribution in [0.1, 0.15) is 11.1 Å². The van der Waals surface area contributed by atoms with E-state index in [-0.39, 0.29) is 0 Å². The van der Waals surface area contributed by atoms with E-state index >= 15 is 0 Å². The normalized spacial score (nSPS) is 21.6. The maximum absolute atomic E-state index is 4.10. The highest BCUT2D eigenvalue weighted by Crippen LogP contribution is 2.16. The average Bonchev–Trinajstić information content (AvgIpc) is 3.01. The molecule has 2 aromatic heterocycles. The zero-order chi connectivity index (χ0) is 15.5. The number of pyridine rings is 1. The third-order valence-corrected chi connectivity index (χ3v) is 4.98. The summed E-state index contributed by atoms with van der Waals surface area (Å²) in [7, 11) is 0. The first-order valence-electron chi connectivity index (χ1n) is 8.49. The Kier molecular flexibility index (Phi) is 4.09. The lowest BCUT2D eigenvalue weighted by atomic mass is 10.1. The molecule has 0 saturated carbocycles. The molecule has 118 valence electrons.